The molecule has 8 heteroatoms. The van der Waals surface area contributed by atoms with Crippen LogP contribution in [0.3, 0.4) is 0 Å². The van der Waals surface area contributed by atoms with Gasteiger partial charge in [-0.2, -0.15) is 0 Å². The molecule has 1 N–H and O–H groups in total. The number of nitrogens with one attached hydrogen (secondary N) is 1. The van der Waals surface area contributed by atoms with Crippen molar-refractivity contribution in [2.75, 3.05) is 10.2 Å². The number of hydrogen-bond donors (Lipinski definition) is 1. The molecule has 35 heavy (non-hydrogen) atoms. The van der Waals surface area contributed by atoms with Crippen LogP contribution >= 0.6 is 23.2 Å². The summed E-state index contributed by atoms with van der Waals surface area (Å²) in [7, 11) is -1.61. The topological polar surface area (TPSA) is 66.5 Å². The number of fused-ring (bicyclic) bond motifs is 2. The van der Waals surface area contributed by atoms with Crippen LogP contribution in [0.4, 0.5) is 11.4 Å². The number of hydrogen-bond acceptors (Lipinski definition) is 3. The van der Waals surface area contributed by atoms with E-state index in [1.165, 1.54) is 0 Å². The molecule has 4 aromatic carbocycles. The lowest BCUT2D eigenvalue weighted by Gasteiger charge is -2.23. The van der Waals surface area contributed by atoms with Gasteiger partial charge in [0.05, 0.1) is 38.4 Å². The largest absolute Gasteiger partial charge is 0.322 e. The number of amides is 2. The highest BCUT2D eigenvalue weighted by Crippen LogP contribution is 2.36. The predicted octanol–water partition coefficient (Wildman–Crippen LogP) is 6.57. The summed E-state index contributed by atoms with van der Waals surface area (Å²) < 4.78 is 13.5. The lowest BCUT2D eigenvalue weighted by molar-refractivity contribution is 0.0979. The molecule has 1 heterocycles. The molecule has 1 aliphatic rings. The first kappa shape index (κ1) is 23.3. The highest BCUT2D eigenvalue weighted by molar-refractivity contribution is 7.85. The zero-order chi connectivity index (χ0) is 24.5. The highest BCUT2D eigenvalue weighted by Gasteiger charge is 2.31. The van der Waals surface area contributed by atoms with E-state index in [4.69, 9.17) is 23.2 Å². The third-order valence-electron chi connectivity index (χ3n) is 5.61. The van der Waals surface area contributed by atoms with Gasteiger partial charge < -0.3 is 10.2 Å². The summed E-state index contributed by atoms with van der Waals surface area (Å²) in [5.41, 5.74) is 2.48. The molecule has 0 unspecified atom stereocenters. The van der Waals surface area contributed by atoms with Crippen molar-refractivity contribution in [2.45, 2.75) is 16.3 Å². The third-order valence-corrected chi connectivity index (χ3v) is 7.59. The van der Waals surface area contributed by atoms with E-state index < -0.39 is 10.8 Å². The van der Waals surface area contributed by atoms with Gasteiger partial charge in [0.2, 0.25) is 0 Å². The third kappa shape index (κ3) is 4.73. The Hall–Kier alpha value is -3.45. The minimum Gasteiger partial charge on any atom is -0.322 e. The number of halogens is 2. The van der Waals surface area contributed by atoms with Crippen molar-refractivity contribution in [3.05, 3.63) is 118 Å². The SMILES string of the molecule is O=C(Nc1ccc(Cl)cc1)c1ccc2c(c1)N(Cc1cccc(Cl)c1)C(=O)c1ccccc1[S@]2=O. The van der Waals surface area contributed by atoms with Gasteiger partial charge in [-0.05, 0) is 72.3 Å². The Kier molecular flexibility index (Phi) is 6.43. The molecule has 0 aromatic heterocycles. The molecular weight excluding hydrogens is 503 g/mol. The molecule has 1 atom stereocenters. The van der Waals surface area contributed by atoms with Crippen LogP contribution in [-0.2, 0) is 17.3 Å². The smallest absolute Gasteiger partial charge is 0.259 e. The van der Waals surface area contributed by atoms with E-state index in [2.05, 4.69) is 5.32 Å². The van der Waals surface area contributed by atoms with E-state index in [-0.39, 0.29) is 18.4 Å². The summed E-state index contributed by atoms with van der Waals surface area (Å²) in [6, 6.07) is 25.7. The molecule has 0 aliphatic carbocycles. The molecule has 5 nitrogen and oxygen atoms in total. The van der Waals surface area contributed by atoms with Gasteiger partial charge in [0.25, 0.3) is 11.8 Å². The Morgan fingerprint density at radius 2 is 1.60 bits per heavy atom. The Balaban J connectivity index is 1.59. The van der Waals surface area contributed by atoms with Crippen molar-refractivity contribution in [1.82, 2.24) is 0 Å². The summed E-state index contributed by atoms with van der Waals surface area (Å²) in [4.78, 5) is 29.1. The number of carbonyl (C=O) groups excluding carboxylic acids is 2. The average molecular weight is 521 g/mol. The Labute approximate surface area is 214 Å². The van der Waals surface area contributed by atoms with Gasteiger partial charge in [-0.15, -0.1) is 0 Å². The van der Waals surface area contributed by atoms with Gasteiger partial charge in [0.15, 0.2) is 0 Å². The lowest BCUT2D eigenvalue weighted by Crippen LogP contribution is -2.30. The quantitative estimate of drug-likeness (QED) is 0.330. The highest BCUT2D eigenvalue weighted by atomic mass is 35.5. The van der Waals surface area contributed by atoms with Crippen LogP contribution in [0.2, 0.25) is 10.0 Å². The van der Waals surface area contributed by atoms with Gasteiger partial charge in [0, 0.05) is 21.3 Å². The van der Waals surface area contributed by atoms with E-state index in [0.29, 0.717) is 42.3 Å². The van der Waals surface area contributed by atoms with Crippen molar-refractivity contribution in [1.29, 1.82) is 0 Å². The van der Waals surface area contributed by atoms with Crippen LogP contribution in [-0.4, -0.2) is 16.0 Å². The van der Waals surface area contributed by atoms with Crippen molar-refractivity contribution in [2.24, 2.45) is 0 Å². The fraction of sp³-hybridized carbons (Fsp3) is 0.0370. The first-order valence-electron chi connectivity index (χ1n) is 10.7. The second kappa shape index (κ2) is 9.66. The molecule has 0 bridgehead atoms. The number of rotatable bonds is 4. The van der Waals surface area contributed by atoms with Gasteiger partial charge in [-0.25, -0.2) is 4.21 Å². The molecule has 0 radical (unpaired) electrons. The monoisotopic (exact) mass is 520 g/mol. The zero-order valence-electron chi connectivity index (χ0n) is 18.2. The fourth-order valence-corrected chi connectivity index (χ4v) is 5.60. The van der Waals surface area contributed by atoms with E-state index in [9.17, 15) is 13.8 Å². The zero-order valence-corrected chi connectivity index (χ0v) is 20.5. The second-order valence-corrected chi connectivity index (χ2v) is 10.2. The minimum absolute atomic E-state index is 0.195. The minimum atomic E-state index is -1.61. The van der Waals surface area contributed by atoms with E-state index in [1.54, 1.807) is 83.8 Å². The normalized spacial score (nSPS) is 14.6. The molecule has 174 valence electrons. The van der Waals surface area contributed by atoms with Crippen LogP contribution in [0.25, 0.3) is 0 Å². The molecule has 0 saturated heterocycles. The van der Waals surface area contributed by atoms with Crippen molar-refractivity contribution in [3.8, 4) is 0 Å². The van der Waals surface area contributed by atoms with Crippen LogP contribution < -0.4 is 10.2 Å². The maximum absolute atomic E-state index is 13.7. The molecule has 0 saturated carbocycles. The van der Waals surface area contributed by atoms with Gasteiger partial charge in [-0.3, -0.25) is 9.59 Å². The van der Waals surface area contributed by atoms with E-state index in [0.717, 1.165) is 5.56 Å². The molecule has 4 aromatic rings. The summed E-state index contributed by atoms with van der Waals surface area (Å²) in [5, 5.41) is 3.93. The summed E-state index contributed by atoms with van der Waals surface area (Å²) in [6.45, 7) is 0.195. The second-order valence-electron chi connectivity index (χ2n) is 7.93. The van der Waals surface area contributed by atoms with Gasteiger partial charge >= 0.3 is 0 Å². The molecule has 5 rings (SSSR count). The Morgan fingerprint density at radius 1 is 0.829 bits per heavy atom. The number of nitrogens with zero attached hydrogens (tertiary/aromatic N) is 1. The van der Waals surface area contributed by atoms with Crippen molar-refractivity contribution in [3.63, 3.8) is 0 Å². The Morgan fingerprint density at radius 3 is 2.37 bits per heavy atom. The van der Waals surface area contributed by atoms with E-state index >= 15 is 0 Å². The van der Waals surface area contributed by atoms with Gasteiger partial charge in [0.1, 0.15) is 0 Å². The van der Waals surface area contributed by atoms with Crippen LogP contribution in [0.15, 0.2) is 101 Å². The maximum atomic E-state index is 13.7. The lowest BCUT2D eigenvalue weighted by atomic mass is 10.1. The summed E-state index contributed by atoms with van der Waals surface area (Å²) in [6.07, 6.45) is 0. The summed E-state index contributed by atoms with van der Waals surface area (Å²) >= 11 is 12.1. The number of benzene rings is 4. The molecular formula is C27H18Cl2N2O3S. The van der Waals surface area contributed by atoms with Crippen LogP contribution in [0, 0.1) is 0 Å². The fourth-order valence-electron chi connectivity index (χ4n) is 3.92. The average Bonchev–Trinajstić information content (AvgIpc) is 2.95. The standard InChI is InChI=1S/C27H18Cl2N2O3S/c28-19-9-11-21(12-10-19)30-26(32)18-8-13-25-23(15-18)31(16-17-4-3-5-20(29)14-17)27(33)22-6-1-2-7-24(22)35(25)34/h1-15H,16H2,(H,30,32)/t35-/m1/s1. The van der Waals surface area contributed by atoms with E-state index in [1.807, 2.05) is 12.1 Å². The first-order chi connectivity index (χ1) is 16.9. The van der Waals surface area contributed by atoms with Crippen molar-refractivity contribution < 1.29 is 13.8 Å². The van der Waals surface area contributed by atoms with Crippen LogP contribution in [0.5, 0.6) is 0 Å². The number of anilines is 2. The predicted molar refractivity (Wildman–Crippen MR) is 139 cm³/mol. The molecule has 0 fully saturated rings. The summed E-state index contributed by atoms with van der Waals surface area (Å²) in [5.74, 6) is -0.666. The first-order valence-corrected chi connectivity index (χ1v) is 12.6. The molecule has 0 spiro atoms. The molecule has 1 aliphatic heterocycles. The number of carbonyl (C=O) groups is 2. The molecule has 2 amide bonds. The Bertz CT molecular complexity index is 1490. The van der Waals surface area contributed by atoms with Crippen LogP contribution in [0.1, 0.15) is 26.3 Å². The van der Waals surface area contributed by atoms with Crippen molar-refractivity contribution >= 4 is 57.2 Å². The maximum Gasteiger partial charge on any atom is 0.259 e. The van der Waals surface area contributed by atoms with Gasteiger partial charge in [-0.1, -0.05) is 47.5 Å².